The van der Waals surface area contributed by atoms with E-state index in [0.29, 0.717) is 63.4 Å². The molecule has 3 aromatic rings. The van der Waals surface area contributed by atoms with Gasteiger partial charge in [0.15, 0.2) is 5.52 Å². The summed E-state index contributed by atoms with van der Waals surface area (Å²) in [6, 6.07) is 1.48. The van der Waals surface area contributed by atoms with Crippen LogP contribution in [-0.2, 0) is 27.7 Å². The monoisotopic (exact) mass is 533 g/mol. The predicted octanol–water partition coefficient (Wildman–Crippen LogP) is 1.51. The Kier molecular flexibility index (Phi) is 8.57. The van der Waals surface area contributed by atoms with Gasteiger partial charge >= 0.3 is 0 Å². The minimum atomic E-state index is -3.79. The highest BCUT2D eigenvalue weighted by Gasteiger charge is 2.30. The van der Waals surface area contributed by atoms with E-state index in [1.807, 2.05) is 13.8 Å². The van der Waals surface area contributed by atoms with Crippen LogP contribution in [0, 0.1) is 0 Å². The largest absolute Gasteiger partial charge is 0.477 e. The highest BCUT2D eigenvalue weighted by atomic mass is 32.2. The number of pyridine rings is 1. The van der Waals surface area contributed by atoms with Crippen LogP contribution in [0.1, 0.15) is 32.9 Å². The van der Waals surface area contributed by atoms with Gasteiger partial charge in [0, 0.05) is 33.3 Å². The molecule has 0 atom stereocenters. The molecule has 0 spiro atoms. The quantitative estimate of drug-likeness (QED) is 0.389. The molecule has 13 heteroatoms. The molecule has 0 saturated carbocycles. The molecule has 1 N–H and O–H groups in total. The number of rotatable bonds is 11. The van der Waals surface area contributed by atoms with Crippen molar-refractivity contribution in [3.05, 3.63) is 28.3 Å². The molecule has 0 unspecified atom stereocenters. The van der Waals surface area contributed by atoms with Gasteiger partial charge in [-0.15, -0.1) is 0 Å². The lowest BCUT2D eigenvalue weighted by atomic mass is 10.2. The Bertz CT molecular complexity index is 1390. The summed E-state index contributed by atoms with van der Waals surface area (Å²) in [5.74, 6) is 0.383. The molecule has 4 heterocycles. The fourth-order valence-corrected chi connectivity index (χ4v) is 5.86. The zero-order chi connectivity index (χ0) is 26.6. The van der Waals surface area contributed by atoms with E-state index in [2.05, 4.69) is 26.9 Å². The van der Waals surface area contributed by atoms with Gasteiger partial charge in [0.1, 0.15) is 16.2 Å². The average Bonchev–Trinajstić information content (AvgIpc) is 3.25. The zero-order valence-electron chi connectivity index (χ0n) is 21.9. The number of aromatic amines is 1. The molecule has 202 valence electrons. The minimum absolute atomic E-state index is 0.0308. The number of methoxy groups -OCH3 is 1. The first-order chi connectivity index (χ1) is 17.8. The van der Waals surface area contributed by atoms with Crippen LogP contribution in [-0.4, -0.2) is 95.4 Å². The number of sulfonamides is 1. The van der Waals surface area contributed by atoms with Crippen molar-refractivity contribution in [1.29, 1.82) is 0 Å². The topological polar surface area (TPSA) is 136 Å². The van der Waals surface area contributed by atoms with Gasteiger partial charge in [-0.3, -0.25) is 9.48 Å². The fourth-order valence-electron chi connectivity index (χ4n) is 4.47. The van der Waals surface area contributed by atoms with Crippen molar-refractivity contribution in [2.75, 3.05) is 53.0 Å². The SMILES string of the molecule is CCCc1c2nc(-c3cc(S(=O)(=O)N4CCN(CC)CC4)cnc3OCC)[nH]c(=O)c2nn1CCOC. The number of fused-ring (bicyclic) bond motifs is 1. The van der Waals surface area contributed by atoms with Crippen molar-refractivity contribution < 1.29 is 17.9 Å². The summed E-state index contributed by atoms with van der Waals surface area (Å²) in [6.07, 6.45) is 2.81. The first-order valence-corrected chi connectivity index (χ1v) is 14.1. The molecule has 1 aliphatic rings. The van der Waals surface area contributed by atoms with E-state index in [0.717, 1.165) is 18.7 Å². The molecule has 0 aromatic carbocycles. The van der Waals surface area contributed by atoms with Crippen molar-refractivity contribution >= 4 is 21.1 Å². The van der Waals surface area contributed by atoms with Crippen molar-refractivity contribution in [3.8, 4) is 17.3 Å². The van der Waals surface area contributed by atoms with Gasteiger partial charge in [0.2, 0.25) is 15.9 Å². The van der Waals surface area contributed by atoms with Crippen LogP contribution in [0.3, 0.4) is 0 Å². The van der Waals surface area contributed by atoms with Crippen LogP contribution in [0.15, 0.2) is 22.0 Å². The second-order valence-electron chi connectivity index (χ2n) is 8.82. The molecule has 0 amide bonds. The van der Waals surface area contributed by atoms with Crippen LogP contribution in [0.25, 0.3) is 22.4 Å². The zero-order valence-corrected chi connectivity index (χ0v) is 22.7. The Morgan fingerprint density at radius 2 is 1.86 bits per heavy atom. The molecular weight excluding hydrogens is 498 g/mol. The number of nitrogens with zero attached hydrogens (tertiary/aromatic N) is 6. The van der Waals surface area contributed by atoms with E-state index >= 15 is 0 Å². The Balaban J connectivity index is 1.81. The maximum absolute atomic E-state index is 13.5. The molecule has 0 radical (unpaired) electrons. The van der Waals surface area contributed by atoms with Gasteiger partial charge in [-0.1, -0.05) is 20.3 Å². The average molecular weight is 534 g/mol. The molecule has 3 aromatic heterocycles. The first kappa shape index (κ1) is 27.2. The molecule has 0 bridgehead atoms. The summed E-state index contributed by atoms with van der Waals surface area (Å²) in [5, 5.41) is 4.47. The number of ether oxygens (including phenoxy) is 2. The highest BCUT2D eigenvalue weighted by molar-refractivity contribution is 7.89. The normalized spacial score (nSPS) is 15.5. The van der Waals surface area contributed by atoms with E-state index in [1.54, 1.807) is 11.8 Å². The number of hydrogen-bond acceptors (Lipinski definition) is 9. The standard InChI is InChI=1S/C24H35N7O5S/c1-5-8-19-20-21(28-31(19)13-14-35-4)23(32)27-22(26-20)18-15-17(16-25-24(18)36-7-3)37(33,34)30-11-9-29(6-2)10-12-30/h15-16H,5-14H2,1-4H3,(H,26,27,32). The molecule has 37 heavy (non-hydrogen) atoms. The van der Waals surface area contributed by atoms with Crippen LogP contribution >= 0.6 is 0 Å². The highest BCUT2D eigenvalue weighted by Crippen LogP contribution is 2.30. The van der Waals surface area contributed by atoms with Crippen LogP contribution in [0.5, 0.6) is 5.88 Å². The number of aryl methyl sites for hydroxylation is 1. The summed E-state index contributed by atoms with van der Waals surface area (Å²) in [4.78, 5) is 27.1. The molecule has 1 aliphatic heterocycles. The first-order valence-electron chi connectivity index (χ1n) is 12.7. The molecule has 1 saturated heterocycles. The Hall–Kier alpha value is -2.87. The molecule has 1 fully saturated rings. The second-order valence-corrected chi connectivity index (χ2v) is 10.8. The summed E-state index contributed by atoms with van der Waals surface area (Å²) in [5.41, 5.74) is 1.42. The Morgan fingerprint density at radius 1 is 1.11 bits per heavy atom. The molecule has 12 nitrogen and oxygen atoms in total. The van der Waals surface area contributed by atoms with Gasteiger partial charge in [-0.25, -0.2) is 18.4 Å². The van der Waals surface area contributed by atoms with Gasteiger partial charge in [0.05, 0.1) is 37.2 Å². The summed E-state index contributed by atoms with van der Waals surface area (Å²) < 4.78 is 41.0. The third kappa shape index (κ3) is 5.54. The number of nitrogens with one attached hydrogen (secondary N) is 1. The third-order valence-electron chi connectivity index (χ3n) is 6.47. The van der Waals surface area contributed by atoms with Gasteiger partial charge < -0.3 is 19.4 Å². The van der Waals surface area contributed by atoms with Crippen molar-refractivity contribution in [1.82, 2.24) is 33.9 Å². The van der Waals surface area contributed by atoms with Crippen LogP contribution in [0.4, 0.5) is 0 Å². The maximum atomic E-state index is 13.5. The third-order valence-corrected chi connectivity index (χ3v) is 8.34. The Morgan fingerprint density at radius 3 is 2.51 bits per heavy atom. The van der Waals surface area contributed by atoms with E-state index < -0.39 is 15.6 Å². The van der Waals surface area contributed by atoms with E-state index in [4.69, 9.17) is 14.5 Å². The summed E-state index contributed by atoms with van der Waals surface area (Å²) in [6.45, 7) is 10.2. The summed E-state index contributed by atoms with van der Waals surface area (Å²) in [7, 11) is -2.18. The molecular formula is C24H35N7O5S. The second kappa shape index (κ2) is 11.7. The lowest BCUT2D eigenvalue weighted by Gasteiger charge is -2.33. The van der Waals surface area contributed by atoms with Crippen molar-refractivity contribution in [2.45, 2.75) is 45.1 Å². The summed E-state index contributed by atoms with van der Waals surface area (Å²) >= 11 is 0. The minimum Gasteiger partial charge on any atom is -0.477 e. The van der Waals surface area contributed by atoms with E-state index in [9.17, 15) is 13.2 Å². The van der Waals surface area contributed by atoms with Gasteiger partial charge in [0.25, 0.3) is 5.56 Å². The number of aromatic nitrogens is 5. The number of piperazine rings is 1. The smallest absolute Gasteiger partial charge is 0.279 e. The van der Waals surface area contributed by atoms with Crippen molar-refractivity contribution in [3.63, 3.8) is 0 Å². The predicted molar refractivity (Wildman–Crippen MR) is 139 cm³/mol. The number of H-pyrrole nitrogens is 1. The Labute approximate surface area is 216 Å². The lowest BCUT2D eigenvalue weighted by molar-refractivity contribution is 0.182. The number of likely N-dealkylation sites (N-methyl/N-ethyl adjacent to an activating group) is 1. The van der Waals surface area contributed by atoms with Crippen molar-refractivity contribution in [2.24, 2.45) is 0 Å². The van der Waals surface area contributed by atoms with Gasteiger partial charge in [-0.05, 0) is 26.0 Å². The van der Waals surface area contributed by atoms with Gasteiger partial charge in [-0.2, -0.15) is 9.40 Å². The maximum Gasteiger partial charge on any atom is 0.279 e. The molecule has 0 aliphatic carbocycles. The van der Waals surface area contributed by atoms with Crippen LogP contribution < -0.4 is 10.3 Å². The lowest BCUT2D eigenvalue weighted by Crippen LogP contribution is -2.48. The number of hydrogen-bond donors (Lipinski definition) is 1. The van der Waals surface area contributed by atoms with Crippen LogP contribution in [0.2, 0.25) is 0 Å². The molecule has 4 rings (SSSR count). The van der Waals surface area contributed by atoms with E-state index in [1.165, 1.54) is 16.6 Å². The fraction of sp³-hybridized carbons (Fsp3) is 0.583. The van der Waals surface area contributed by atoms with E-state index in [-0.39, 0.29) is 22.1 Å².